The molecular weight excluding hydrogens is 202 g/mol. The molecule has 1 unspecified atom stereocenters. The minimum atomic E-state index is -2.47. The number of ether oxygens (including phenoxy) is 1. The molecule has 0 spiro atoms. The molecule has 0 aromatic heterocycles. The van der Waals surface area contributed by atoms with Gasteiger partial charge in [-0.2, -0.15) is 0 Å². The van der Waals surface area contributed by atoms with E-state index in [1.165, 1.54) is 24.3 Å². The van der Waals surface area contributed by atoms with E-state index in [4.69, 9.17) is 4.74 Å². The fourth-order valence-electron chi connectivity index (χ4n) is 1.19. The highest BCUT2D eigenvalue weighted by atomic mass is 19.3. The molecule has 0 bridgehead atoms. The lowest BCUT2D eigenvalue weighted by atomic mass is 10.1. The Kier molecular flexibility index (Phi) is 4.65. The van der Waals surface area contributed by atoms with E-state index < -0.39 is 12.5 Å². The van der Waals surface area contributed by atoms with Crippen molar-refractivity contribution in [1.82, 2.24) is 0 Å². The number of hydrogen-bond donors (Lipinski definition) is 1. The standard InChI is InChI=1S/C11H14F2O2/c1-2-15-7-10(14)8-3-5-9(6-4-8)11(12)13/h3-6,10-11,14H,2,7H2,1H3. The van der Waals surface area contributed by atoms with E-state index in [2.05, 4.69) is 0 Å². The monoisotopic (exact) mass is 216 g/mol. The largest absolute Gasteiger partial charge is 0.386 e. The molecule has 0 fully saturated rings. The van der Waals surface area contributed by atoms with Crippen LogP contribution in [0.15, 0.2) is 24.3 Å². The maximum Gasteiger partial charge on any atom is 0.263 e. The number of aliphatic hydroxyl groups excluding tert-OH is 1. The summed E-state index contributed by atoms with van der Waals surface area (Å²) in [6.45, 7) is 2.53. The van der Waals surface area contributed by atoms with E-state index in [0.717, 1.165) is 0 Å². The maximum atomic E-state index is 12.2. The van der Waals surface area contributed by atoms with Crippen LogP contribution < -0.4 is 0 Å². The summed E-state index contributed by atoms with van der Waals surface area (Å²) in [6, 6.07) is 5.61. The van der Waals surface area contributed by atoms with E-state index in [-0.39, 0.29) is 12.2 Å². The van der Waals surface area contributed by atoms with Crippen LogP contribution in [-0.4, -0.2) is 18.3 Å². The SMILES string of the molecule is CCOCC(O)c1ccc(C(F)F)cc1. The second kappa shape index (κ2) is 5.78. The average Bonchev–Trinajstić information content (AvgIpc) is 2.26. The summed E-state index contributed by atoms with van der Waals surface area (Å²) < 4.78 is 29.5. The second-order valence-electron chi connectivity index (χ2n) is 3.14. The van der Waals surface area contributed by atoms with Crippen LogP contribution in [-0.2, 0) is 4.74 Å². The van der Waals surface area contributed by atoms with Crippen molar-refractivity contribution >= 4 is 0 Å². The van der Waals surface area contributed by atoms with Crippen molar-refractivity contribution in [2.75, 3.05) is 13.2 Å². The highest BCUT2D eigenvalue weighted by Crippen LogP contribution is 2.21. The predicted molar refractivity (Wildman–Crippen MR) is 52.9 cm³/mol. The number of rotatable bonds is 5. The highest BCUT2D eigenvalue weighted by Gasteiger charge is 2.10. The molecule has 2 nitrogen and oxygen atoms in total. The lowest BCUT2D eigenvalue weighted by molar-refractivity contribution is 0.0420. The summed E-state index contributed by atoms with van der Waals surface area (Å²) in [5.74, 6) is 0. The molecule has 1 aromatic rings. The van der Waals surface area contributed by atoms with Crippen LogP contribution in [0.1, 0.15) is 30.6 Å². The Balaban J connectivity index is 2.62. The second-order valence-corrected chi connectivity index (χ2v) is 3.14. The van der Waals surface area contributed by atoms with Crippen LogP contribution in [0.5, 0.6) is 0 Å². The van der Waals surface area contributed by atoms with Crippen LogP contribution in [0.2, 0.25) is 0 Å². The molecule has 0 aliphatic heterocycles. The Morgan fingerprint density at radius 3 is 2.20 bits per heavy atom. The van der Waals surface area contributed by atoms with Crippen molar-refractivity contribution in [3.8, 4) is 0 Å². The summed E-state index contributed by atoms with van der Waals surface area (Å²) in [5.41, 5.74) is 0.551. The lowest BCUT2D eigenvalue weighted by Gasteiger charge is -2.11. The molecular formula is C11H14F2O2. The summed E-state index contributed by atoms with van der Waals surface area (Å²) in [4.78, 5) is 0. The van der Waals surface area contributed by atoms with Gasteiger partial charge in [0, 0.05) is 12.2 Å². The van der Waals surface area contributed by atoms with E-state index in [1.54, 1.807) is 0 Å². The molecule has 0 saturated carbocycles. The molecule has 15 heavy (non-hydrogen) atoms. The van der Waals surface area contributed by atoms with Crippen molar-refractivity contribution in [2.45, 2.75) is 19.5 Å². The molecule has 0 aliphatic rings. The first-order valence-electron chi connectivity index (χ1n) is 4.79. The smallest absolute Gasteiger partial charge is 0.263 e. The first-order valence-corrected chi connectivity index (χ1v) is 4.79. The van der Waals surface area contributed by atoms with Crippen LogP contribution >= 0.6 is 0 Å². The van der Waals surface area contributed by atoms with Gasteiger partial charge in [0.25, 0.3) is 6.43 Å². The van der Waals surface area contributed by atoms with E-state index in [0.29, 0.717) is 12.2 Å². The molecule has 1 aromatic carbocycles. The van der Waals surface area contributed by atoms with Crippen molar-refractivity contribution in [3.63, 3.8) is 0 Å². The number of alkyl halides is 2. The Labute approximate surface area is 87.5 Å². The summed E-state index contributed by atoms with van der Waals surface area (Å²) in [5, 5.41) is 9.57. The first-order chi connectivity index (χ1) is 7.15. The van der Waals surface area contributed by atoms with Gasteiger partial charge in [-0.05, 0) is 12.5 Å². The van der Waals surface area contributed by atoms with Gasteiger partial charge in [-0.25, -0.2) is 8.78 Å². The number of aliphatic hydroxyl groups is 1. The van der Waals surface area contributed by atoms with Crippen molar-refractivity contribution in [1.29, 1.82) is 0 Å². The zero-order valence-electron chi connectivity index (χ0n) is 8.49. The predicted octanol–water partition coefficient (Wildman–Crippen LogP) is 2.69. The van der Waals surface area contributed by atoms with E-state index >= 15 is 0 Å². The number of hydrogen-bond acceptors (Lipinski definition) is 2. The summed E-state index contributed by atoms with van der Waals surface area (Å²) >= 11 is 0. The Bertz CT molecular complexity index is 285. The van der Waals surface area contributed by atoms with Gasteiger partial charge in [-0.15, -0.1) is 0 Å². The third kappa shape index (κ3) is 3.57. The first kappa shape index (κ1) is 12.1. The van der Waals surface area contributed by atoms with Gasteiger partial charge in [-0.3, -0.25) is 0 Å². The van der Waals surface area contributed by atoms with Crippen LogP contribution in [0.3, 0.4) is 0 Å². The van der Waals surface area contributed by atoms with Gasteiger partial charge < -0.3 is 9.84 Å². The van der Waals surface area contributed by atoms with Crippen molar-refractivity contribution < 1.29 is 18.6 Å². The normalized spacial score (nSPS) is 13.1. The topological polar surface area (TPSA) is 29.5 Å². The molecule has 0 amide bonds. The van der Waals surface area contributed by atoms with Gasteiger partial charge in [-0.1, -0.05) is 24.3 Å². The van der Waals surface area contributed by atoms with Crippen LogP contribution in [0.4, 0.5) is 8.78 Å². The molecule has 0 heterocycles. The van der Waals surface area contributed by atoms with Gasteiger partial charge in [0.2, 0.25) is 0 Å². The number of halogens is 2. The van der Waals surface area contributed by atoms with E-state index in [1.807, 2.05) is 6.92 Å². The van der Waals surface area contributed by atoms with Gasteiger partial charge >= 0.3 is 0 Å². The Morgan fingerprint density at radius 1 is 1.20 bits per heavy atom. The van der Waals surface area contributed by atoms with Crippen molar-refractivity contribution in [2.24, 2.45) is 0 Å². The Hall–Kier alpha value is -1.00. The van der Waals surface area contributed by atoms with Crippen LogP contribution in [0.25, 0.3) is 0 Å². The minimum Gasteiger partial charge on any atom is -0.386 e. The molecule has 4 heteroatoms. The molecule has 1 rings (SSSR count). The third-order valence-corrected chi connectivity index (χ3v) is 2.05. The highest BCUT2D eigenvalue weighted by molar-refractivity contribution is 5.24. The quantitative estimate of drug-likeness (QED) is 0.820. The third-order valence-electron chi connectivity index (χ3n) is 2.05. The average molecular weight is 216 g/mol. The minimum absolute atomic E-state index is 0.0395. The molecule has 84 valence electrons. The fourth-order valence-corrected chi connectivity index (χ4v) is 1.19. The fraction of sp³-hybridized carbons (Fsp3) is 0.455. The summed E-state index contributed by atoms with van der Waals surface area (Å²) in [6.07, 6.45) is -3.22. The van der Waals surface area contributed by atoms with E-state index in [9.17, 15) is 13.9 Å². The van der Waals surface area contributed by atoms with Gasteiger partial charge in [0.05, 0.1) is 6.61 Å². The van der Waals surface area contributed by atoms with Gasteiger partial charge in [0.1, 0.15) is 6.10 Å². The molecule has 1 atom stereocenters. The maximum absolute atomic E-state index is 12.2. The lowest BCUT2D eigenvalue weighted by Crippen LogP contribution is -2.06. The molecule has 0 aliphatic carbocycles. The van der Waals surface area contributed by atoms with Gasteiger partial charge in [0.15, 0.2) is 0 Å². The molecule has 0 radical (unpaired) electrons. The van der Waals surface area contributed by atoms with Crippen LogP contribution in [0, 0.1) is 0 Å². The number of benzene rings is 1. The zero-order valence-corrected chi connectivity index (χ0v) is 8.49. The molecule has 0 saturated heterocycles. The molecule has 1 N–H and O–H groups in total. The zero-order chi connectivity index (χ0) is 11.3. The van der Waals surface area contributed by atoms with Crippen molar-refractivity contribution in [3.05, 3.63) is 35.4 Å². The summed E-state index contributed by atoms with van der Waals surface area (Å²) in [7, 11) is 0. The Morgan fingerprint density at radius 2 is 1.73 bits per heavy atom.